The average molecular weight is 199 g/mol. The summed E-state index contributed by atoms with van der Waals surface area (Å²) in [4.78, 5) is 10.8. The van der Waals surface area contributed by atoms with Gasteiger partial charge in [0.15, 0.2) is 0 Å². The summed E-state index contributed by atoms with van der Waals surface area (Å²) in [5, 5.41) is 8.40. The van der Waals surface area contributed by atoms with Crippen molar-refractivity contribution in [2.75, 3.05) is 0 Å². The number of halogens is 1. The molecule has 0 amide bonds. The number of nitriles is 1. The fourth-order valence-electron chi connectivity index (χ4n) is 0.552. The van der Waals surface area contributed by atoms with Crippen LogP contribution in [0.1, 0.15) is 5.69 Å². The number of nitrogens with zero attached hydrogens (tertiary/aromatic N) is 2. The Bertz CT molecular complexity index is 336. The Hall–Kier alpha value is -1.08. The van der Waals surface area contributed by atoms with Crippen molar-refractivity contribution in [3.05, 3.63) is 34.2 Å². The lowest BCUT2D eigenvalue weighted by atomic mass is 10.4. The molecule has 0 saturated heterocycles. The number of hydrogen-bond acceptors (Lipinski definition) is 2. The van der Waals surface area contributed by atoms with Crippen LogP contribution in [0.25, 0.3) is 0 Å². The van der Waals surface area contributed by atoms with E-state index in [1.807, 2.05) is 6.07 Å². The third-order valence-corrected chi connectivity index (χ3v) is 1.74. The lowest BCUT2D eigenvalue weighted by Gasteiger charge is -1.92. The highest BCUT2D eigenvalue weighted by molar-refractivity contribution is 9.08. The molecule has 0 unspecified atom stereocenters. The van der Waals surface area contributed by atoms with E-state index >= 15 is 0 Å². The van der Waals surface area contributed by atoms with Crippen molar-refractivity contribution in [1.82, 2.24) is 3.59 Å². The maximum atomic E-state index is 10.8. The van der Waals surface area contributed by atoms with E-state index in [9.17, 15) is 4.79 Å². The zero-order valence-electron chi connectivity index (χ0n) is 4.91. The van der Waals surface area contributed by atoms with Crippen molar-refractivity contribution < 1.29 is 0 Å². The van der Waals surface area contributed by atoms with Crippen LogP contribution in [0.3, 0.4) is 0 Å². The standard InChI is InChI=1S/C6H3BrN2O/c7-9-5(4-8)2-1-3-6(9)10/h1-3H. The zero-order valence-corrected chi connectivity index (χ0v) is 6.50. The van der Waals surface area contributed by atoms with E-state index < -0.39 is 0 Å². The highest BCUT2D eigenvalue weighted by Gasteiger charge is 1.95. The van der Waals surface area contributed by atoms with Crippen LogP contribution in [0, 0.1) is 11.3 Å². The SMILES string of the molecule is N#Cc1cccc(=O)n1Br. The lowest BCUT2D eigenvalue weighted by molar-refractivity contribution is 1.13. The van der Waals surface area contributed by atoms with Crippen molar-refractivity contribution in [1.29, 1.82) is 5.26 Å². The molecule has 0 aliphatic carbocycles. The van der Waals surface area contributed by atoms with Crippen molar-refractivity contribution >= 4 is 16.1 Å². The van der Waals surface area contributed by atoms with Gasteiger partial charge in [-0.2, -0.15) is 5.26 Å². The van der Waals surface area contributed by atoms with Crippen molar-refractivity contribution in [2.24, 2.45) is 0 Å². The third-order valence-electron chi connectivity index (χ3n) is 1.01. The Balaban J connectivity index is 3.46. The molecule has 0 spiro atoms. The van der Waals surface area contributed by atoms with Gasteiger partial charge in [0.05, 0.1) is 16.1 Å². The van der Waals surface area contributed by atoms with Crippen LogP contribution in [-0.4, -0.2) is 3.59 Å². The predicted molar refractivity (Wildman–Crippen MR) is 39.7 cm³/mol. The average Bonchev–Trinajstić information content (AvgIpc) is 1.95. The van der Waals surface area contributed by atoms with Crippen LogP contribution < -0.4 is 5.56 Å². The maximum absolute atomic E-state index is 10.8. The summed E-state index contributed by atoms with van der Waals surface area (Å²) in [6.45, 7) is 0. The van der Waals surface area contributed by atoms with Crippen LogP contribution in [0.4, 0.5) is 0 Å². The Morgan fingerprint density at radius 3 is 2.80 bits per heavy atom. The summed E-state index contributed by atoms with van der Waals surface area (Å²) in [5.74, 6) is 0. The minimum Gasteiger partial charge on any atom is -0.268 e. The van der Waals surface area contributed by atoms with Crippen LogP contribution in [-0.2, 0) is 0 Å². The normalized spacial score (nSPS) is 8.80. The summed E-state index contributed by atoms with van der Waals surface area (Å²) in [5.41, 5.74) is 0.0616. The van der Waals surface area contributed by atoms with Gasteiger partial charge in [0.1, 0.15) is 11.8 Å². The smallest absolute Gasteiger partial charge is 0.261 e. The molecule has 0 aliphatic heterocycles. The first-order chi connectivity index (χ1) is 4.75. The van der Waals surface area contributed by atoms with Gasteiger partial charge in [-0.05, 0) is 6.07 Å². The summed E-state index contributed by atoms with van der Waals surface area (Å²) in [6.07, 6.45) is 0. The van der Waals surface area contributed by atoms with E-state index in [0.29, 0.717) is 5.69 Å². The molecule has 3 nitrogen and oxygen atoms in total. The molecule has 0 aliphatic rings. The van der Waals surface area contributed by atoms with Crippen LogP contribution in [0.5, 0.6) is 0 Å². The quantitative estimate of drug-likeness (QED) is 0.622. The molecule has 0 N–H and O–H groups in total. The third kappa shape index (κ3) is 1.09. The predicted octanol–water partition coefficient (Wildman–Crippen LogP) is 0.878. The second-order valence-corrected chi connectivity index (χ2v) is 2.35. The highest BCUT2D eigenvalue weighted by atomic mass is 79.9. The van der Waals surface area contributed by atoms with Crippen LogP contribution in [0.2, 0.25) is 0 Å². The number of hydrogen-bond donors (Lipinski definition) is 0. The number of aromatic nitrogens is 1. The fourth-order valence-corrected chi connectivity index (χ4v) is 0.868. The number of rotatable bonds is 0. The van der Waals surface area contributed by atoms with Gasteiger partial charge in [0, 0.05) is 6.07 Å². The molecule has 0 atom stereocenters. The summed E-state index contributed by atoms with van der Waals surface area (Å²) in [6, 6.07) is 6.31. The van der Waals surface area contributed by atoms with E-state index in [0.717, 1.165) is 3.59 Å². The Labute approximate surface area is 65.9 Å². The van der Waals surface area contributed by atoms with Gasteiger partial charge in [-0.3, -0.25) is 4.79 Å². The van der Waals surface area contributed by atoms with Gasteiger partial charge in [0.25, 0.3) is 5.56 Å². The molecule has 1 aromatic rings. The molecule has 0 saturated carbocycles. The first-order valence-electron chi connectivity index (χ1n) is 2.54. The fraction of sp³-hybridized carbons (Fsp3) is 0. The zero-order chi connectivity index (χ0) is 7.56. The molecule has 1 rings (SSSR count). The minimum atomic E-state index is -0.237. The van der Waals surface area contributed by atoms with E-state index in [4.69, 9.17) is 5.26 Å². The van der Waals surface area contributed by atoms with Gasteiger partial charge in [-0.25, -0.2) is 3.59 Å². The van der Waals surface area contributed by atoms with Gasteiger partial charge in [-0.15, -0.1) is 0 Å². The molecule has 1 heterocycles. The molecular formula is C6H3BrN2O. The van der Waals surface area contributed by atoms with E-state index in [1.54, 1.807) is 12.1 Å². The molecule has 0 bridgehead atoms. The largest absolute Gasteiger partial charge is 0.268 e. The number of pyridine rings is 1. The molecule has 0 radical (unpaired) electrons. The molecule has 10 heavy (non-hydrogen) atoms. The molecular weight excluding hydrogens is 196 g/mol. The molecule has 4 heteroatoms. The monoisotopic (exact) mass is 198 g/mol. The first-order valence-corrected chi connectivity index (χ1v) is 3.25. The lowest BCUT2D eigenvalue weighted by Crippen LogP contribution is -2.11. The summed E-state index contributed by atoms with van der Waals surface area (Å²) >= 11 is 2.92. The van der Waals surface area contributed by atoms with E-state index in [1.165, 1.54) is 6.07 Å². The van der Waals surface area contributed by atoms with Crippen molar-refractivity contribution in [3.63, 3.8) is 0 Å². The van der Waals surface area contributed by atoms with Gasteiger partial charge < -0.3 is 0 Å². The van der Waals surface area contributed by atoms with Gasteiger partial charge >= 0.3 is 0 Å². The minimum absolute atomic E-state index is 0.237. The molecule has 1 aromatic heterocycles. The van der Waals surface area contributed by atoms with E-state index in [2.05, 4.69) is 16.1 Å². The molecule has 50 valence electrons. The molecule has 0 aromatic carbocycles. The van der Waals surface area contributed by atoms with Crippen LogP contribution in [0.15, 0.2) is 23.0 Å². The van der Waals surface area contributed by atoms with Gasteiger partial charge in [-0.1, -0.05) is 6.07 Å². The Kier molecular flexibility index (Phi) is 1.88. The summed E-state index contributed by atoms with van der Waals surface area (Å²) < 4.78 is 1.12. The Morgan fingerprint density at radius 1 is 1.60 bits per heavy atom. The Morgan fingerprint density at radius 2 is 2.30 bits per heavy atom. The molecule has 0 fully saturated rings. The van der Waals surface area contributed by atoms with Crippen molar-refractivity contribution in [2.45, 2.75) is 0 Å². The van der Waals surface area contributed by atoms with Crippen molar-refractivity contribution in [3.8, 4) is 6.07 Å². The second kappa shape index (κ2) is 2.67. The van der Waals surface area contributed by atoms with Gasteiger partial charge in [0.2, 0.25) is 0 Å². The van der Waals surface area contributed by atoms with E-state index in [-0.39, 0.29) is 5.56 Å². The highest BCUT2D eigenvalue weighted by Crippen LogP contribution is 1.95. The second-order valence-electron chi connectivity index (χ2n) is 1.64. The maximum Gasteiger partial charge on any atom is 0.261 e. The van der Waals surface area contributed by atoms with Crippen LogP contribution >= 0.6 is 16.1 Å². The first kappa shape index (κ1) is 7.03. The summed E-state index contributed by atoms with van der Waals surface area (Å²) in [7, 11) is 0. The topological polar surface area (TPSA) is 45.8 Å².